The van der Waals surface area contributed by atoms with Crippen LogP contribution in [0.25, 0.3) is 6.08 Å². The van der Waals surface area contributed by atoms with Crippen molar-refractivity contribution in [1.82, 2.24) is 0 Å². The van der Waals surface area contributed by atoms with Gasteiger partial charge in [-0.2, -0.15) is 0 Å². The molecule has 0 bridgehead atoms. The fourth-order valence-corrected chi connectivity index (χ4v) is 1.36. The van der Waals surface area contributed by atoms with E-state index >= 15 is 0 Å². The first-order chi connectivity index (χ1) is 7.69. The van der Waals surface area contributed by atoms with Gasteiger partial charge < -0.3 is 0 Å². The standard InChI is InChI=1S/C15H16O/c1-4-6-7-8-13-11-14(15(16)5-2)10-9-12(13)3/h4-11H,2H2,1,3H3/b6-4+,8-7-. The van der Waals surface area contributed by atoms with E-state index in [1.54, 1.807) is 0 Å². The van der Waals surface area contributed by atoms with Crippen LogP contribution in [0.3, 0.4) is 0 Å². The highest BCUT2D eigenvalue weighted by Gasteiger charge is 2.02. The van der Waals surface area contributed by atoms with Gasteiger partial charge in [-0.15, -0.1) is 0 Å². The maximum absolute atomic E-state index is 11.5. The predicted molar refractivity (Wildman–Crippen MR) is 69.6 cm³/mol. The third-order valence-electron chi connectivity index (χ3n) is 2.33. The van der Waals surface area contributed by atoms with Crippen LogP contribution in [0.5, 0.6) is 0 Å². The smallest absolute Gasteiger partial charge is 0.185 e. The minimum absolute atomic E-state index is 0.0410. The van der Waals surface area contributed by atoms with Crippen LogP contribution < -0.4 is 0 Å². The molecule has 0 spiro atoms. The zero-order valence-corrected chi connectivity index (χ0v) is 9.73. The first-order valence-electron chi connectivity index (χ1n) is 5.26. The highest BCUT2D eigenvalue weighted by molar-refractivity contribution is 6.04. The van der Waals surface area contributed by atoms with Gasteiger partial charge in [-0.25, -0.2) is 0 Å². The number of benzene rings is 1. The van der Waals surface area contributed by atoms with Gasteiger partial charge in [0.25, 0.3) is 0 Å². The number of hydrogen-bond donors (Lipinski definition) is 0. The third-order valence-corrected chi connectivity index (χ3v) is 2.33. The summed E-state index contributed by atoms with van der Waals surface area (Å²) >= 11 is 0. The Balaban J connectivity index is 3.08. The average Bonchev–Trinajstić information content (AvgIpc) is 2.31. The maximum atomic E-state index is 11.5. The topological polar surface area (TPSA) is 17.1 Å². The number of hydrogen-bond acceptors (Lipinski definition) is 1. The molecule has 0 saturated carbocycles. The van der Waals surface area contributed by atoms with Crippen LogP contribution in [-0.2, 0) is 0 Å². The quantitative estimate of drug-likeness (QED) is 0.419. The number of allylic oxidation sites excluding steroid dienone is 4. The zero-order valence-electron chi connectivity index (χ0n) is 9.73. The van der Waals surface area contributed by atoms with Gasteiger partial charge in [0.2, 0.25) is 0 Å². The van der Waals surface area contributed by atoms with Gasteiger partial charge in [0.15, 0.2) is 5.78 Å². The van der Waals surface area contributed by atoms with E-state index in [-0.39, 0.29) is 5.78 Å². The Labute approximate surface area is 96.8 Å². The summed E-state index contributed by atoms with van der Waals surface area (Å²) in [6, 6.07) is 5.66. The molecule has 0 saturated heterocycles. The molecule has 0 atom stereocenters. The van der Waals surface area contributed by atoms with Gasteiger partial charge in [-0.3, -0.25) is 4.79 Å². The molecule has 0 fully saturated rings. The van der Waals surface area contributed by atoms with Crippen molar-refractivity contribution in [3.8, 4) is 0 Å². The summed E-state index contributed by atoms with van der Waals surface area (Å²) in [5.41, 5.74) is 2.90. The maximum Gasteiger partial charge on any atom is 0.185 e. The van der Waals surface area contributed by atoms with Crippen molar-refractivity contribution in [3.63, 3.8) is 0 Å². The number of carbonyl (C=O) groups excluding carboxylic acids is 1. The van der Waals surface area contributed by atoms with Crippen LogP contribution in [0, 0.1) is 6.92 Å². The summed E-state index contributed by atoms with van der Waals surface area (Å²) in [4.78, 5) is 11.5. The average molecular weight is 212 g/mol. The molecule has 0 heterocycles. The molecule has 0 N–H and O–H groups in total. The normalized spacial score (nSPS) is 11.1. The molecule has 0 aliphatic carbocycles. The predicted octanol–water partition coefficient (Wildman–Crippen LogP) is 3.95. The Morgan fingerprint density at radius 2 is 2.06 bits per heavy atom. The monoisotopic (exact) mass is 212 g/mol. The van der Waals surface area contributed by atoms with E-state index < -0.39 is 0 Å². The summed E-state index contributed by atoms with van der Waals surface area (Å²) in [6.45, 7) is 7.48. The second-order valence-corrected chi connectivity index (χ2v) is 3.52. The number of ketones is 1. The van der Waals surface area contributed by atoms with Gasteiger partial charge in [-0.1, -0.05) is 43.0 Å². The lowest BCUT2D eigenvalue weighted by molar-refractivity contribution is 0.104. The Morgan fingerprint density at radius 3 is 2.69 bits per heavy atom. The molecule has 0 aliphatic heterocycles. The molecule has 0 radical (unpaired) electrons. The Kier molecular flexibility index (Phi) is 4.46. The van der Waals surface area contributed by atoms with Gasteiger partial charge in [0.05, 0.1) is 0 Å². The molecule has 1 aromatic rings. The molecule has 0 amide bonds. The van der Waals surface area contributed by atoms with Crippen LogP contribution in [0.15, 0.2) is 49.1 Å². The first kappa shape index (κ1) is 12.2. The summed E-state index contributed by atoms with van der Waals surface area (Å²) in [6.07, 6.45) is 9.22. The SMILES string of the molecule is C=CC(=O)c1ccc(C)c(/C=C\C=C\C)c1. The molecule has 82 valence electrons. The minimum atomic E-state index is -0.0410. The van der Waals surface area contributed by atoms with Gasteiger partial charge >= 0.3 is 0 Å². The molecule has 1 heteroatoms. The molecule has 0 aliphatic rings. The summed E-state index contributed by atoms with van der Waals surface area (Å²) in [5, 5.41) is 0. The second kappa shape index (κ2) is 5.86. The largest absolute Gasteiger partial charge is 0.289 e. The van der Waals surface area contributed by atoms with Crippen molar-refractivity contribution in [1.29, 1.82) is 0 Å². The fraction of sp³-hybridized carbons (Fsp3) is 0.133. The number of rotatable bonds is 4. The van der Waals surface area contributed by atoms with E-state index in [4.69, 9.17) is 0 Å². The second-order valence-electron chi connectivity index (χ2n) is 3.52. The fourth-order valence-electron chi connectivity index (χ4n) is 1.36. The molecule has 16 heavy (non-hydrogen) atoms. The summed E-state index contributed by atoms with van der Waals surface area (Å²) < 4.78 is 0. The van der Waals surface area contributed by atoms with Crippen LogP contribution in [0.1, 0.15) is 28.4 Å². The molecular weight excluding hydrogens is 196 g/mol. The van der Waals surface area contributed by atoms with E-state index in [9.17, 15) is 4.79 Å². The lowest BCUT2D eigenvalue weighted by atomic mass is 10.0. The molecular formula is C15H16O. The first-order valence-corrected chi connectivity index (χ1v) is 5.26. The highest BCUT2D eigenvalue weighted by atomic mass is 16.1. The van der Waals surface area contributed by atoms with E-state index in [1.165, 1.54) is 6.08 Å². The van der Waals surface area contributed by atoms with Crippen molar-refractivity contribution in [3.05, 3.63) is 65.8 Å². The van der Waals surface area contributed by atoms with Crippen molar-refractivity contribution in [2.75, 3.05) is 0 Å². The van der Waals surface area contributed by atoms with E-state index in [0.717, 1.165) is 11.1 Å². The Hall–Kier alpha value is -1.89. The number of carbonyl (C=O) groups is 1. The number of aryl methyl sites for hydroxylation is 1. The molecule has 1 aromatic carbocycles. The zero-order chi connectivity index (χ0) is 12.0. The third kappa shape index (κ3) is 3.06. The van der Waals surface area contributed by atoms with Crippen LogP contribution in [0.4, 0.5) is 0 Å². The van der Waals surface area contributed by atoms with Crippen molar-refractivity contribution >= 4 is 11.9 Å². The highest BCUT2D eigenvalue weighted by Crippen LogP contribution is 2.14. The lowest BCUT2D eigenvalue weighted by Gasteiger charge is -2.02. The van der Waals surface area contributed by atoms with Crippen LogP contribution in [-0.4, -0.2) is 5.78 Å². The van der Waals surface area contributed by atoms with Gasteiger partial charge in [-0.05, 0) is 37.1 Å². The van der Waals surface area contributed by atoms with Crippen molar-refractivity contribution in [2.24, 2.45) is 0 Å². The molecule has 0 aromatic heterocycles. The summed E-state index contributed by atoms with van der Waals surface area (Å²) in [5.74, 6) is -0.0410. The van der Waals surface area contributed by atoms with Gasteiger partial charge in [0, 0.05) is 5.56 Å². The van der Waals surface area contributed by atoms with E-state index in [2.05, 4.69) is 6.58 Å². The molecule has 1 nitrogen and oxygen atoms in total. The lowest BCUT2D eigenvalue weighted by Crippen LogP contribution is -1.94. The van der Waals surface area contributed by atoms with E-state index in [1.807, 2.05) is 56.4 Å². The van der Waals surface area contributed by atoms with Crippen LogP contribution >= 0.6 is 0 Å². The molecule has 1 rings (SSSR count). The van der Waals surface area contributed by atoms with E-state index in [0.29, 0.717) is 5.56 Å². The summed E-state index contributed by atoms with van der Waals surface area (Å²) in [7, 11) is 0. The molecule has 0 unspecified atom stereocenters. The van der Waals surface area contributed by atoms with Gasteiger partial charge in [0.1, 0.15) is 0 Å². The van der Waals surface area contributed by atoms with Crippen molar-refractivity contribution in [2.45, 2.75) is 13.8 Å². The van der Waals surface area contributed by atoms with Crippen molar-refractivity contribution < 1.29 is 4.79 Å². The minimum Gasteiger partial charge on any atom is -0.289 e. The Morgan fingerprint density at radius 1 is 1.31 bits per heavy atom. The Bertz CT molecular complexity index is 451. The van der Waals surface area contributed by atoms with Crippen LogP contribution in [0.2, 0.25) is 0 Å².